The van der Waals surface area contributed by atoms with Gasteiger partial charge in [0.2, 0.25) is 0 Å². The van der Waals surface area contributed by atoms with Gasteiger partial charge in [0.1, 0.15) is 5.65 Å². The van der Waals surface area contributed by atoms with Gasteiger partial charge in [-0.2, -0.15) is 11.3 Å². The molecule has 0 bridgehead atoms. The molecule has 3 aromatic heterocycles. The number of aryl methyl sites for hydroxylation is 1. The summed E-state index contributed by atoms with van der Waals surface area (Å²) in [4.78, 5) is 12.0. The number of halogens is 1. The first kappa shape index (κ1) is 23.0. The third-order valence-corrected chi connectivity index (χ3v) is 6.14. The Morgan fingerprint density at radius 3 is 2.80 bits per heavy atom. The number of rotatable bonds is 6. The summed E-state index contributed by atoms with van der Waals surface area (Å²) in [6.07, 6.45) is 4.37. The van der Waals surface area contributed by atoms with Crippen LogP contribution in [0.3, 0.4) is 0 Å². The molecule has 1 aliphatic rings. The van der Waals surface area contributed by atoms with Crippen molar-refractivity contribution >= 4 is 46.9 Å². The predicted molar refractivity (Wildman–Crippen MR) is 136 cm³/mol. The lowest BCUT2D eigenvalue weighted by atomic mass is 10.0. The van der Waals surface area contributed by atoms with Crippen molar-refractivity contribution < 1.29 is 0 Å². The van der Waals surface area contributed by atoms with Gasteiger partial charge in [0.05, 0.1) is 12.2 Å². The number of aliphatic imine (C=N–C) groups is 1. The molecule has 8 heteroatoms. The summed E-state index contributed by atoms with van der Waals surface area (Å²) in [5.41, 5.74) is 4.58. The molecule has 0 amide bonds. The first-order valence-electron chi connectivity index (χ1n) is 10.4. The van der Waals surface area contributed by atoms with Crippen LogP contribution in [0.2, 0.25) is 0 Å². The van der Waals surface area contributed by atoms with Crippen molar-refractivity contribution in [3.63, 3.8) is 0 Å². The van der Waals surface area contributed by atoms with Gasteiger partial charge in [-0.15, -0.1) is 24.0 Å². The summed E-state index contributed by atoms with van der Waals surface area (Å²) in [6, 6.07) is 8.87. The quantitative estimate of drug-likeness (QED) is 0.283. The first-order chi connectivity index (χ1) is 14.2. The average Bonchev–Trinajstić information content (AvgIpc) is 3.38. The van der Waals surface area contributed by atoms with Crippen LogP contribution < -0.4 is 10.6 Å². The molecule has 0 spiro atoms. The third-order valence-electron chi connectivity index (χ3n) is 5.40. The van der Waals surface area contributed by atoms with E-state index in [1.54, 1.807) is 11.3 Å². The molecule has 30 heavy (non-hydrogen) atoms. The van der Waals surface area contributed by atoms with E-state index >= 15 is 0 Å². The molecule has 0 unspecified atom stereocenters. The van der Waals surface area contributed by atoms with Gasteiger partial charge in [-0.3, -0.25) is 4.90 Å². The fourth-order valence-electron chi connectivity index (χ4n) is 3.82. The van der Waals surface area contributed by atoms with Crippen LogP contribution >= 0.6 is 35.3 Å². The minimum absolute atomic E-state index is 0. The topological polar surface area (TPSA) is 57.0 Å². The van der Waals surface area contributed by atoms with Crippen LogP contribution in [-0.4, -0.2) is 45.9 Å². The molecule has 1 fully saturated rings. The molecule has 1 saturated heterocycles. The Balaban J connectivity index is 0.00000256. The van der Waals surface area contributed by atoms with Crippen molar-refractivity contribution in [1.29, 1.82) is 0 Å². The largest absolute Gasteiger partial charge is 0.357 e. The number of guanidine groups is 1. The number of thiophene rings is 1. The number of hydrogen-bond acceptors (Lipinski definition) is 4. The van der Waals surface area contributed by atoms with Gasteiger partial charge in [-0.1, -0.05) is 6.07 Å². The second kappa shape index (κ2) is 11.1. The van der Waals surface area contributed by atoms with E-state index in [9.17, 15) is 0 Å². The molecule has 0 aromatic carbocycles. The lowest BCUT2D eigenvalue weighted by Crippen LogP contribution is -2.48. The van der Waals surface area contributed by atoms with Crippen LogP contribution in [0.25, 0.3) is 5.65 Å². The smallest absolute Gasteiger partial charge is 0.191 e. The summed E-state index contributed by atoms with van der Waals surface area (Å²) >= 11 is 1.78. The number of piperidine rings is 1. The Bertz CT molecular complexity index is 944. The van der Waals surface area contributed by atoms with Crippen molar-refractivity contribution in [3.05, 3.63) is 58.2 Å². The van der Waals surface area contributed by atoms with Gasteiger partial charge in [0.25, 0.3) is 0 Å². The molecular formula is C22H31IN6S. The van der Waals surface area contributed by atoms with E-state index in [-0.39, 0.29) is 24.0 Å². The Labute approximate surface area is 199 Å². The van der Waals surface area contributed by atoms with Crippen molar-refractivity contribution in [2.45, 2.75) is 45.8 Å². The zero-order valence-electron chi connectivity index (χ0n) is 17.7. The maximum absolute atomic E-state index is 4.79. The third kappa shape index (κ3) is 5.95. The molecule has 0 saturated carbocycles. The van der Waals surface area contributed by atoms with E-state index in [4.69, 9.17) is 9.98 Å². The van der Waals surface area contributed by atoms with Gasteiger partial charge >= 0.3 is 0 Å². The van der Waals surface area contributed by atoms with E-state index in [1.807, 2.05) is 12.1 Å². The minimum atomic E-state index is 0. The molecule has 4 heterocycles. The Kier molecular flexibility index (Phi) is 8.52. The fraction of sp³-hybridized carbons (Fsp3) is 0.455. The van der Waals surface area contributed by atoms with Crippen molar-refractivity contribution in [2.24, 2.45) is 4.99 Å². The van der Waals surface area contributed by atoms with Gasteiger partial charge in [-0.25, -0.2) is 9.98 Å². The Hall–Kier alpha value is -1.65. The van der Waals surface area contributed by atoms with Gasteiger partial charge in [-0.05, 0) is 61.2 Å². The van der Waals surface area contributed by atoms with E-state index in [0.29, 0.717) is 12.6 Å². The summed E-state index contributed by atoms with van der Waals surface area (Å²) in [6.45, 7) is 8.95. The fourth-order valence-corrected chi connectivity index (χ4v) is 4.48. The van der Waals surface area contributed by atoms with Gasteiger partial charge < -0.3 is 15.0 Å². The van der Waals surface area contributed by atoms with Crippen LogP contribution in [0, 0.1) is 6.92 Å². The summed E-state index contributed by atoms with van der Waals surface area (Å²) in [5, 5.41) is 11.4. The molecule has 4 rings (SSSR count). The molecule has 0 atom stereocenters. The molecule has 1 aliphatic heterocycles. The number of imidazole rings is 1. The predicted octanol–water partition coefficient (Wildman–Crippen LogP) is 4.04. The SMILES string of the molecule is CCNC(=NCc1cn2c(C)cccc2n1)NC1CCN(Cc2ccsc2)CC1.I. The monoisotopic (exact) mass is 538 g/mol. The lowest BCUT2D eigenvalue weighted by Gasteiger charge is -2.32. The first-order valence-corrected chi connectivity index (χ1v) is 11.4. The highest BCUT2D eigenvalue weighted by Gasteiger charge is 2.20. The minimum Gasteiger partial charge on any atom is -0.357 e. The number of nitrogens with zero attached hydrogens (tertiary/aromatic N) is 4. The van der Waals surface area contributed by atoms with E-state index in [2.05, 4.69) is 62.9 Å². The number of aromatic nitrogens is 2. The number of pyridine rings is 1. The Morgan fingerprint density at radius 1 is 1.27 bits per heavy atom. The van der Waals surface area contributed by atoms with Crippen molar-refractivity contribution in [1.82, 2.24) is 24.9 Å². The summed E-state index contributed by atoms with van der Waals surface area (Å²) in [7, 11) is 0. The number of nitrogens with one attached hydrogen (secondary N) is 2. The second-order valence-electron chi connectivity index (χ2n) is 7.65. The van der Waals surface area contributed by atoms with E-state index in [1.165, 1.54) is 11.3 Å². The second-order valence-corrected chi connectivity index (χ2v) is 8.43. The van der Waals surface area contributed by atoms with E-state index in [0.717, 1.165) is 56.3 Å². The Morgan fingerprint density at radius 2 is 2.10 bits per heavy atom. The number of fused-ring (bicyclic) bond motifs is 1. The number of likely N-dealkylation sites (tertiary alicyclic amines) is 1. The van der Waals surface area contributed by atoms with E-state index < -0.39 is 0 Å². The van der Waals surface area contributed by atoms with Gasteiger partial charge in [0.15, 0.2) is 5.96 Å². The van der Waals surface area contributed by atoms with Crippen molar-refractivity contribution in [2.75, 3.05) is 19.6 Å². The zero-order valence-corrected chi connectivity index (χ0v) is 20.8. The molecule has 0 aliphatic carbocycles. The maximum Gasteiger partial charge on any atom is 0.191 e. The molecule has 2 N–H and O–H groups in total. The molecule has 162 valence electrons. The van der Waals surface area contributed by atoms with Crippen LogP contribution in [0.4, 0.5) is 0 Å². The molecule has 3 aromatic rings. The average molecular weight is 539 g/mol. The lowest BCUT2D eigenvalue weighted by molar-refractivity contribution is 0.198. The summed E-state index contributed by atoms with van der Waals surface area (Å²) < 4.78 is 2.12. The highest BCUT2D eigenvalue weighted by molar-refractivity contribution is 14.0. The molecule has 6 nitrogen and oxygen atoms in total. The van der Waals surface area contributed by atoms with Gasteiger partial charge in [0, 0.05) is 44.1 Å². The normalized spacial score (nSPS) is 15.9. The summed E-state index contributed by atoms with van der Waals surface area (Å²) in [5.74, 6) is 0.887. The molecular weight excluding hydrogens is 507 g/mol. The van der Waals surface area contributed by atoms with Crippen LogP contribution in [0.15, 0.2) is 46.2 Å². The van der Waals surface area contributed by atoms with Crippen molar-refractivity contribution in [3.8, 4) is 0 Å². The maximum atomic E-state index is 4.79. The zero-order chi connectivity index (χ0) is 20.1. The standard InChI is InChI=1S/C22H30N6S.HI/c1-3-23-22(24-13-20-15-28-17(2)5-4-6-21(28)25-20)26-19-7-10-27(11-8-19)14-18-9-12-29-16-18;/h4-6,9,12,15-16,19H,3,7-8,10-11,13-14H2,1-2H3,(H2,23,24,26);1H. The van der Waals surface area contributed by atoms with Crippen LogP contribution in [-0.2, 0) is 13.1 Å². The highest BCUT2D eigenvalue weighted by Crippen LogP contribution is 2.15. The van der Waals surface area contributed by atoms with Crippen LogP contribution in [0.1, 0.15) is 36.7 Å². The highest BCUT2D eigenvalue weighted by atomic mass is 127. The molecule has 0 radical (unpaired) electrons. The number of hydrogen-bond donors (Lipinski definition) is 2. The van der Waals surface area contributed by atoms with Crippen LogP contribution in [0.5, 0.6) is 0 Å².